The molecule has 2 aliphatic rings. The highest BCUT2D eigenvalue weighted by molar-refractivity contribution is 5.56. The van der Waals surface area contributed by atoms with Gasteiger partial charge in [-0.15, -0.1) is 0 Å². The van der Waals surface area contributed by atoms with E-state index in [0.717, 1.165) is 41.2 Å². The smallest absolute Gasteiger partial charge is 0.231 e. The molecule has 4 rings (SSSR count). The van der Waals surface area contributed by atoms with E-state index in [4.69, 9.17) is 9.47 Å². The van der Waals surface area contributed by atoms with Gasteiger partial charge in [-0.3, -0.25) is 0 Å². The summed E-state index contributed by atoms with van der Waals surface area (Å²) in [5, 5.41) is 22.9. The number of fused-ring (bicyclic) bond motifs is 2. The van der Waals surface area contributed by atoms with Gasteiger partial charge in [-0.2, -0.15) is 0 Å². The number of hydrogen-bond donors (Lipinski definition) is 3. The molecule has 0 aliphatic carbocycles. The van der Waals surface area contributed by atoms with Gasteiger partial charge in [0.15, 0.2) is 23.0 Å². The Kier molecular flexibility index (Phi) is 2.68. The highest BCUT2D eigenvalue weighted by Gasteiger charge is 2.28. The van der Waals surface area contributed by atoms with E-state index in [1.54, 1.807) is 12.1 Å². The first-order valence-electron chi connectivity index (χ1n) is 6.90. The maximum atomic E-state index is 9.80. The van der Waals surface area contributed by atoms with Crippen molar-refractivity contribution in [1.29, 1.82) is 0 Å². The van der Waals surface area contributed by atoms with Gasteiger partial charge in [-0.05, 0) is 35.7 Å². The lowest BCUT2D eigenvalue weighted by molar-refractivity contribution is 0.173. The van der Waals surface area contributed by atoms with Crippen molar-refractivity contribution in [2.24, 2.45) is 0 Å². The summed E-state index contributed by atoms with van der Waals surface area (Å²) >= 11 is 0. The second-order valence-corrected chi connectivity index (χ2v) is 5.26. The van der Waals surface area contributed by atoms with Crippen LogP contribution in [-0.4, -0.2) is 23.6 Å². The van der Waals surface area contributed by atoms with Crippen LogP contribution in [0.1, 0.15) is 22.7 Å². The zero-order valence-corrected chi connectivity index (χ0v) is 11.3. The molecule has 21 heavy (non-hydrogen) atoms. The molecule has 5 nitrogen and oxygen atoms in total. The van der Waals surface area contributed by atoms with Crippen LogP contribution in [0.5, 0.6) is 23.0 Å². The summed E-state index contributed by atoms with van der Waals surface area (Å²) in [7, 11) is 0. The lowest BCUT2D eigenvalue weighted by Crippen LogP contribution is -2.30. The van der Waals surface area contributed by atoms with Gasteiger partial charge in [0.05, 0.1) is 6.04 Å². The molecule has 1 unspecified atom stereocenters. The third-order valence-electron chi connectivity index (χ3n) is 4.03. The molecule has 0 saturated heterocycles. The van der Waals surface area contributed by atoms with Crippen LogP contribution in [-0.2, 0) is 6.42 Å². The van der Waals surface area contributed by atoms with E-state index in [-0.39, 0.29) is 24.3 Å². The SMILES string of the molecule is Oc1cc2c(cc1O)C(c1cccc3c1OCO3)NCC2. The number of hydrogen-bond acceptors (Lipinski definition) is 5. The average Bonchev–Trinajstić information content (AvgIpc) is 2.96. The Bertz CT molecular complexity index is 714. The van der Waals surface area contributed by atoms with Crippen molar-refractivity contribution >= 4 is 0 Å². The van der Waals surface area contributed by atoms with Crippen LogP contribution in [0.15, 0.2) is 30.3 Å². The molecule has 0 amide bonds. The van der Waals surface area contributed by atoms with Gasteiger partial charge in [0.2, 0.25) is 6.79 Å². The molecule has 2 aromatic carbocycles. The molecule has 0 aromatic heterocycles. The molecule has 0 saturated carbocycles. The zero-order valence-electron chi connectivity index (χ0n) is 11.3. The summed E-state index contributed by atoms with van der Waals surface area (Å²) in [6.07, 6.45) is 0.812. The van der Waals surface area contributed by atoms with Crippen LogP contribution in [0.4, 0.5) is 0 Å². The molecule has 0 fully saturated rings. The van der Waals surface area contributed by atoms with Crippen molar-refractivity contribution in [2.75, 3.05) is 13.3 Å². The van der Waals surface area contributed by atoms with Crippen molar-refractivity contribution < 1.29 is 19.7 Å². The third-order valence-corrected chi connectivity index (χ3v) is 4.03. The van der Waals surface area contributed by atoms with Gasteiger partial charge >= 0.3 is 0 Å². The van der Waals surface area contributed by atoms with E-state index in [1.165, 1.54) is 0 Å². The minimum atomic E-state index is -0.104. The lowest BCUT2D eigenvalue weighted by Gasteiger charge is -2.28. The molecule has 1 atom stereocenters. The van der Waals surface area contributed by atoms with E-state index < -0.39 is 0 Å². The standard InChI is InChI=1S/C16H15NO4/c18-12-6-9-4-5-17-15(11(9)7-13(12)19)10-2-1-3-14-16(10)21-8-20-14/h1-3,6-7,15,17-19H,4-5,8H2. The minimum Gasteiger partial charge on any atom is -0.504 e. The number of para-hydroxylation sites is 1. The van der Waals surface area contributed by atoms with E-state index in [1.807, 2.05) is 18.2 Å². The first-order chi connectivity index (χ1) is 10.2. The van der Waals surface area contributed by atoms with Gasteiger partial charge in [0.1, 0.15) is 0 Å². The summed E-state index contributed by atoms with van der Waals surface area (Å²) in [4.78, 5) is 0. The first-order valence-corrected chi connectivity index (χ1v) is 6.90. The van der Waals surface area contributed by atoms with Gasteiger partial charge in [0.25, 0.3) is 0 Å². The Morgan fingerprint density at radius 1 is 1.05 bits per heavy atom. The Balaban J connectivity index is 1.86. The quantitative estimate of drug-likeness (QED) is 0.700. The van der Waals surface area contributed by atoms with E-state index in [2.05, 4.69) is 5.32 Å². The Morgan fingerprint density at radius 2 is 1.90 bits per heavy atom. The summed E-state index contributed by atoms with van der Waals surface area (Å²) < 4.78 is 11.0. The summed E-state index contributed by atoms with van der Waals surface area (Å²) in [5.74, 6) is 1.30. The summed E-state index contributed by atoms with van der Waals surface area (Å²) in [6, 6.07) is 8.97. The second kappa shape index (κ2) is 4.56. The minimum absolute atomic E-state index is 0.0766. The van der Waals surface area contributed by atoms with Gasteiger partial charge in [-0.25, -0.2) is 0 Å². The summed E-state index contributed by atoms with van der Waals surface area (Å²) in [5.41, 5.74) is 2.97. The van der Waals surface area contributed by atoms with Gasteiger partial charge in [0, 0.05) is 12.1 Å². The fourth-order valence-corrected chi connectivity index (χ4v) is 3.04. The number of phenolic OH excluding ortho intramolecular Hbond substituents is 2. The van der Waals surface area contributed by atoms with Crippen molar-refractivity contribution in [1.82, 2.24) is 5.32 Å². The molecular weight excluding hydrogens is 270 g/mol. The number of nitrogens with one attached hydrogen (secondary N) is 1. The predicted molar refractivity (Wildman–Crippen MR) is 75.9 cm³/mol. The number of aromatic hydroxyl groups is 2. The fraction of sp³-hybridized carbons (Fsp3) is 0.250. The van der Waals surface area contributed by atoms with Crippen LogP contribution < -0.4 is 14.8 Å². The maximum Gasteiger partial charge on any atom is 0.231 e. The molecule has 108 valence electrons. The Labute approximate surface area is 121 Å². The molecule has 3 N–H and O–H groups in total. The van der Waals surface area contributed by atoms with Crippen molar-refractivity contribution in [3.8, 4) is 23.0 Å². The van der Waals surface area contributed by atoms with E-state index >= 15 is 0 Å². The number of rotatable bonds is 1. The third kappa shape index (κ3) is 1.89. The second-order valence-electron chi connectivity index (χ2n) is 5.26. The van der Waals surface area contributed by atoms with Crippen LogP contribution in [0.25, 0.3) is 0 Å². The van der Waals surface area contributed by atoms with Crippen LogP contribution in [0.2, 0.25) is 0 Å². The monoisotopic (exact) mass is 285 g/mol. The van der Waals surface area contributed by atoms with E-state index in [9.17, 15) is 10.2 Å². The van der Waals surface area contributed by atoms with Crippen LogP contribution in [0.3, 0.4) is 0 Å². The largest absolute Gasteiger partial charge is 0.504 e. The highest BCUT2D eigenvalue weighted by Crippen LogP contribution is 2.43. The topological polar surface area (TPSA) is 71.0 Å². The molecule has 2 aliphatic heterocycles. The molecule has 2 heterocycles. The Hall–Kier alpha value is -2.40. The maximum absolute atomic E-state index is 9.80. The first kappa shape index (κ1) is 12.3. The van der Waals surface area contributed by atoms with Crippen LogP contribution in [0, 0.1) is 0 Å². The van der Waals surface area contributed by atoms with E-state index in [0.29, 0.717) is 0 Å². The molecule has 5 heteroatoms. The van der Waals surface area contributed by atoms with Gasteiger partial charge < -0.3 is 25.0 Å². The fourth-order valence-electron chi connectivity index (χ4n) is 3.04. The molecule has 0 spiro atoms. The zero-order chi connectivity index (χ0) is 14.4. The Morgan fingerprint density at radius 3 is 2.81 bits per heavy atom. The van der Waals surface area contributed by atoms with Crippen molar-refractivity contribution in [3.05, 3.63) is 47.0 Å². The molecule has 0 bridgehead atoms. The lowest BCUT2D eigenvalue weighted by atomic mass is 9.89. The van der Waals surface area contributed by atoms with Crippen LogP contribution >= 0.6 is 0 Å². The highest BCUT2D eigenvalue weighted by atomic mass is 16.7. The predicted octanol–water partition coefficient (Wildman–Crippen LogP) is 2.06. The number of benzene rings is 2. The number of ether oxygens (including phenoxy) is 2. The average molecular weight is 285 g/mol. The molecule has 2 aromatic rings. The number of phenols is 2. The van der Waals surface area contributed by atoms with Gasteiger partial charge in [-0.1, -0.05) is 12.1 Å². The summed E-state index contributed by atoms with van der Waals surface area (Å²) in [6.45, 7) is 1.03. The molecular formula is C16H15NO4. The van der Waals surface area contributed by atoms with Crippen molar-refractivity contribution in [3.63, 3.8) is 0 Å². The normalized spacial score (nSPS) is 19.3. The van der Waals surface area contributed by atoms with Crippen molar-refractivity contribution in [2.45, 2.75) is 12.5 Å². The molecule has 0 radical (unpaired) electrons.